The number of carbonyl (C=O) groups excluding carboxylic acids is 3. The van der Waals surface area contributed by atoms with Crippen LogP contribution in [-0.4, -0.2) is 36.9 Å². The van der Waals surface area contributed by atoms with Gasteiger partial charge in [-0.05, 0) is 18.1 Å². The number of amides is 1. The van der Waals surface area contributed by atoms with Gasteiger partial charge in [-0.2, -0.15) is 0 Å². The molecule has 2 rings (SSSR count). The third-order valence-corrected chi connectivity index (χ3v) is 4.20. The number of ether oxygens (including phenoxy) is 2. The molecule has 0 aliphatic rings. The van der Waals surface area contributed by atoms with Crippen molar-refractivity contribution in [3.63, 3.8) is 0 Å². The van der Waals surface area contributed by atoms with Gasteiger partial charge in [0.05, 0.1) is 13.5 Å². The first-order valence-electron chi connectivity index (χ1n) is 9.10. The molecule has 0 saturated carbocycles. The van der Waals surface area contributed by atoms with Gasteiger partial charge >= 0.3 is 5.97 Å². The van der Waals surface area contributed by atoms with Crippen molar-refractivity contribution in [2.24, 2.45) is 5.92 Å². The molecule has 2 unspecified atom stereocenters. The highest BCUT2D eigenvalue weighted by atomic mass is 16.5. The second-order valence-electron chi connectivity index (χ2n) is 6.67. The van der Waals surface area contributed by atoms with E-state index in [2.05, 4.69) is 5.32 Å². The number of nitrogens with one attached hydrogen (secondary N) is 1. The number of methoxy groups -OCH3 is 1. The Bertz CT molecular complexity index is 789. The van der Waals surface area contributed by atoms with Gasteiger partial charge in [-0.15, -0.1) is 0 Å². The predicted molar refractivity (Wildman–Crippen MR) is 105 cm³/mol. The van der Waals surface area contributed by atoms with Crippen LogP contribution in [0.5, 0.6) is 5.75 Å². The van der Waals surface area contributed by atoms with E-state index in [0.29, 0.717) is 11.3 Å². The summed E-state index contributed by atoms with van der Waals surface area (Å²) in [7, 11) is 1.26. The van der Waals surface area contributed by atoms with Gasteiger partial charge in [0, 0.05) is 5.56 Å². The summed E-state index contributed by atoms with van der Waals surface area (Å²) in [5, 5.41) is 2.65. The molecule has 0 aliphatic heterocycles. The van der Waals surface area contributed by atoms with Crippen LogP contribution in [0.2, 0.25) is 0 Å². The number of carbonyl (C=O) groups is 3. The van der Waals surface area contributed by atoms with Crippen LogP contribution in [0.25, 0.3) is 0 Å². The smallest absolute Gasteiger partial charge is 0.328 e. The Kier molecular flexibility index (Phi) is 7.75. The van der Waals surface area contributed by atoms with Gasteiger partial charge in [0.1, 0.15) is 11.8 Å². The number of rotatable bonds is 9. The van der Waals surface area contributed by atoms with E-state index in [1.807, 2.05) is 12.1 Å². The number of para-hydroxylation sites is 1. The summed E-state index contributed by atoms with van der Waals surface area (Å²) >= 11 is 0. The molecule has 0 radical (unpaired) electrons. The summed E-state index contributed by atoms with van der Waals surface area (Å²) in [6, 6.07) is 16.6. The average molecular weight is 383 g/mol. The molecule has 1 N–H and O–H groups in total. The van der Waals surface area contributed by atoms with Crippen LogP contribution in [0.3, 0.4) is 0 Å². The van der Waals surface area contributed by atoms with E-state index in [1.165, 1.54) is 7.11 Å². The van der Waals surface area contributed by atoms with Crippen molar-refractivity contribution in [2.75, 3.05) is 7.11 Å². The topological polar surface area (TPSA) is 81.7 Å². The molecule has 6 nitrogen and oxygen atoms in total. The van der Waals surface area contributed by atoms with Crippen molar-refractivity contribution in [1.29, 1.82) is 0 Å². The van der Waals surface area contributed by atoms with Crippen LogP contribution in [0, 0.1) is 5.92 Å². The monoisotopic (exact) mass is 383 g/mol. The second kappa shape index (κ2) is 10.3. The Morgan fingerprint density at radius 2 is 1.50 bits per heavy atom. The molecule has 0 aliphatic carbocycles. The van der Waals surface area contributed by atoms with E-state index in [9.17, 15) is 14.4 Å². The molecular formula is C22H25NO5. The first kappa shape index (κ1) is 21.2. The zero-order valence-corrected chi connectivity index (χ0v) is 16.3. The van der Waals surface area contributed by atoms with Crippen molar-refractivity contribution >= 4 is 17.7 Å². The summed E-state index contributed by atoms with van der Waals surface area (Å²) in [6.45, 7) is 3.59. The molecule has 148 valence electrons. The van der Waals surface area contributed by atoms with E-state index in [4.69, 9.17) is 9.47 Å². The zero-order chi connectivity index (χ0) is 20.5. The molecule has 0 saturated heterocycles. The highest BCUT2D eigenvalue weighted by Crippen LogP contribution is 2.16. The molecule has 1 amide bonds. The number of benzene rings is 2. The lowest BCUT2D eigenvalue weighted by atomic mass is 10.0. The molecule has 6 heteroatoms. The third-order valence-electron chi connectivity index (χ3n) is 4.20. The molecule has 0 fully saturated rings. The van der Waals surface area contributed by atoms with Gasteiger partial charge in [-0.25, -0.2) is 4.79 Å². The number of hydrogen-bond donors (Lipinski definition) is 1. The fourth-order valence-electron chi connectivity index (χ4n) is 2.63. The first-order chi connectivity index (χ1) is 13.4. The third kappa shape index (κ3) is 5.94. The van der Waals surface area contributed by atoms with Crippen LogP contribution in [-0.2, 0) is 14.3 Å². The highest BCUT2D eigenvalue weighted by Gasteiger charge is 2.31. The maximum atomic E-state index is 12.9. The molecule has 0 bridgehead atoms. The maximum Gasteiger partial charge on any atom is 0.328 e. The van der Waals surface area contributed by atoms with Crippen molar-refractivity contribution in [2.45, 2.75) is 32.4 Å². The molecule has 2 atom stereocenters. The SMILES string of the molecule is COC(=O)C(NC(=O)C(CC(=O)c1ccccc1)Oc1ccccc1)C(C)C. The summed E-state index contributed by atoms with van der Waals surface area (Å²) in [5.41, 5.74) is 0.491. The number of hydrogen-bond acceptors (Lipinski definition) is 5. The van der Waals surface area contributed by atoms with Gasteiger partial charge in [0.2, 0.25) is 0 Å². The second-order valence-corrected chi connectivity index (χ2v) is 6.67. The minimum atomic E-state index is -1.08. The zero-order valence-electron chi connectivity index (χ0n) is 16.3. The summed E-state index contributed by atoms with van der Waals surface area (Å²) in [4.78, 5) is 37.4. The maximum absolute atomic E-state index is 12.9. The van der Waals surface area contributed by atoms with Crippen LogP contribution in [0.4, 0.5) is 0 Å². The quantitative estimate of drug-likeness (QED) is 0.532. The van der Waals surface area contributed by atoms with Crippen LogP contribution >= 0.6 is 0 Å². The predicted octanol–water partition coefficient (Wildman–Crippen LogP) is 3.02. The van der Waals surface area contributed by atoms with Gasteiger partial charge in [0.15, 0.2) is 11.9 Å². The summed E-state index contributed by atoms with van der Waals surface area (Å²) < 4.78 is 10.5. The van der Waals surface area contributed by atoms with Crippen molar-refractivity contribution < 1.29 is 23.9 Å². The molecule has 2 aromatic rings. The normalized spacial score (nSPS) is 12.7. The van der Waals surface area contributed by atoms with Gasteiger partial charge in [0.25, 0.3) is 5.91 Å². The lowest BCUT2D eigenvalue weighted by Gasteiger charge is -2.24. The molecule has 28 heavy (non-hydrogen) atoms. The van der Waals surface area contributed by atoms with Gasteiger partial charge < -0.3 is 14.8 Å². The van der Waals surface area contributed by atoms with E-state index in [1.54, 1.807) is 62.4 Å². The fraction of sp³-hybridized carbons (Fsp3) is 0.318. The van der Waals surface area contributed by atoms with Gasteiger partial charge in [-0.3, -0.25) is 9.59 Å². The standard InChI is InChI=1S/C22H25NO5/c1-15(2)20(22(26)27-3)23-21(25)19(28-17-12-8-5-9-13-17)14-18(24)16-10-6-4-7-11-16/h4-13,15,19-20H,14H2,1-3H3,(H,23,25). The lowest BCUT2D eigenvalue weighted by Crippen LogP contribution is -2.50. The first-order valence-corrected chi connectivity index (χ1v) is 9.10. The van der Waals surface area contributed by atoms with Gasteiger partial charge in [-0.1, -0.05) is 62.4 Å². The Labute approximate surface area is 164 Å². The van der Waals surface area contributed by atoms with Crippen molar-refractivity contribution in [1.82, 2.24) is 5.32 Å². The summed E-state index contributed by atoms with van der Waals surface area (Å²) in [6.07, 6.45) is -1.24. The Morgan fingerprint density at radius 3 is 2.04 bits per heavy atom. The Hall–Kier alpha value is -3.15. The van der Waals surface area contributed by atoms with Crippen LogP contribution in [0.1, 0.15) is 30.6 Å². The minimum Gasteiger partial charge on any atom is -0.480 e. The minimum absolute atomic E-state index is 0.156. The molecular weight excluding hydrogens is 358 g/mol. The van der Waals surface area contributed by atoms with E-state index < -0.39 is 24.0 Å². The van der Waals surface area contributed by atoms with E-state index in [0.717, 1.165) is 0 Å². The Balaban J connectivity index is 2.20. The number of esters is 1. The molecule has 0 spiro atoms. The van der Waals surface area contributed by atoms with Crippen molar-refractivity contribution in [3.8, 4) is 5.75 Å². The van der Waals surface area contributed by atoms with E-state index in [-0.39, 0.29) is 18.1 Å². The lowest BCUT2D eigenvalue weighted by molar-refractivity contribution is -0.147. The van der Waals surface area contributed by atoms with Crippen molar-refractivity contribution in [3.05, 3.63) is 66.2 Å². The summed E-state index contributed by atoms with van der Waals surface area (Å²) in [5.74, 6) is -1.04. The Morgan fingerprint density at radius 1 is 0.929 bits per heavy atom. The fourth-order valence-corrected chi connectivity index (χ4v) is 2.63. The van der Waals surface area contributed by atoms with E-state index >= 15 is 0 Å². The van der Waals surface area contributed by atoms with Crippen LogP contribution < -0.4 is 10.1 Å². The average Bonchev–Trinajstić information content (AvgIpc) is 2.71. The molecule has 2 aromatic carbocycles. The largest absolute Gasteiger partial charge is 0.480 e. The molecule has 0 heterocycles. The molecule has 0 aromatic heterocycles. The van der Waals surface area contributed by atoms with Crippen LogP contribution in [0.15, 0.2) is 60.7 Å². The number of Topliss-reactive ketones (excluding diaryl/α,β-unsaturated/α-hetero) is 1. The highest BCUT2D eigenvalue weighted by molar-refractivity contribution is 5.99. The number of ketones is 1.